The van der Waals surface area contributed by atoms with Crippen molar-refractivity contribution < 1.29 is 9.53 Å². The van der Waals surface area contributed by atoms with E-state index in [2.05, 4.69) is 17.4 Å². The Labute approximate surface area is 95.2 Å². The molecule has 0 spiro atoms. The van der Waals surface area contributed by atoms with Crippen LogP contribution in [-0.4, -0.2) is 19.1 Å². The third-order valence-electron chi connectivity index (χ3n) is 2.57. The van der Waals surface area contributed by atoms with Gasteiger partial charge in [0.1, 0.15) is 6.04 Å². The molecule has 0 aromatic heterocycles. The Morgan fingerprint density at radius 2 is 2.07 bits per heavy atom. The van der Waals surface area contributed by atoms with Crippen LogP contribution in [-0.2, 0) is 22.5 Å². The number of ether oxygens (including phenoxy) is 1. The van der Waals surface area contributed by atoms with Crippen LogP contribution in [0.1, 0.15) is 11.1 Å². The van der Waals surface area contributed by atoms with Crippen LogP contribution in [0.4, 0.5) is 0 Å². The molecule has 1 aromatic carbocycles. The van der Waals surface area contributed by atoms with E-state index in [1.807, 2.05) is 12.1 Å². The predicted octanol–water partition coefficient (Wildman–Crippen LogP) is 1.30. The molecule has 1 aromatic rings. The largest absolute Gasteiger partial charge is 0.468 e. The summed E-state index contributed by atoms with van der Waals surface area (Å²) in [5.41, 5.74) is 2.51. The lowest BCUT2D eigenvalue weighted by Gasteiger charge is -2.23. The minimum atomic E-state index is -0.185. The fourth-order valence-electron chi connectivity index (χ4n) is 1.76. The van der Waals surface area contributed by atoms with Gasteiger partial charge >= 0.3 is 5.97 Å². The highest BCUT2D eigenvalue weighted by atomic mass is 35.5. The van der Waals surface area contributed by atoms with E-state index in [9.17, 15) is 4.79 Å². The van der Waals surface area contributed by atoms with Crippen molar-refractivity contribution in [2.75, 3.05) is 7.11 Å². The molecule has 0 saturated heterocycles. The Bertz CT molecular complexity index is 354. The number of esters is 1. The average molecular weight is 228 g/mol. The number of carbonyl (C=O) groups excluding carboxylic acids is 1. The number of benzene rings is 1. The van der Waals surface area contributed by atoms with Crippen molar-refractivity contribution in [1.82, 2.24) is 5.32 Å². The zero-order valence-corrected chi connectivity index (χ0v) is 9.34. The minimum absolute atomic E-state index is 0. The number of hydrogen-bond donors (Lipinski definition) is 1. The molecule has 0 fully saturated rings. The summed E-state index contributed by atoms with van der Waals surface area (Å²) < 4.78 is 4.70. The van der Waals surface area contributed by atoms with E-state index in [4.69, 9.17) is 4.74 Å². The van der Waals surface area contributed by atoms with Crippen molar-refractivity contribution in [1.29, 1.82) is 0 Å². The predicted molar refractivity (Wildman–Crippen MR) is 60.0 cm³/mol. The molecule has 3 nitrogen and oxygen atoms in total. The summed E-state index contributed by atoms with van der Waals surface area (Å²) >= 11 is 0. The summed E-state index contributed by atoms with van der Waals surface area (Å²) in [7, 11) is 1.42. The highest BCUT2D eigenvalue weighted by molar-refractivity contribution is 5.85. The van der Waals surface area contributed by atoms with Crippen LogP contribution in [0, 0.1) is 0 Å². The molecule has 1 heterocycles. The van der Waals surface area contributed by atoms with E-state index in [1.165, 1.54) is 18.2 Å². The lowest BCUT2D eigenvalue weighted by molar-refractivity contribution is -0.143. The first-order valence-electron chi connectivity index (χ1n) is 4.69. The number of carbonyl (C=O) groups is 1. The monoisotopic (exact) mass is 227 g/mol. The Morgan fingerprint density at radius 3 is 2.73 bits per heavy atom. The molecule has 1 aliphatic rings. The number of hydrogen-bond acceptors (Lipinski definition) is 3. The second-order valence-corrected chi connectivity index (χ2v) is 3.43. The van der Waals surface area contributed by atoms with Gasteiger partial charge in [0.05, 0.1) is 7.11 Å². The maximum Gasteiger partial charge on any atom is 0.323 e. The van der Waals surface area contributed by atoms with Gasteiger partial charge in [0.2, 0.25) is 0 Å². The van der Waals surface area contributed by atoms with Crippen LogP contribution in [0.2, 0.25) is 0 Å². The van der Waals surface area contributed by atoms with Crippen LogP contribution in [0.15, 0.2) is 24.3 Å². The second-order valence-electron chi connectivity index (χ2n) is 3.43. The summed E-state index contributed by atoms with van der Waals surface area (Å²) in [6, 6.07) is 7.97. The van der Waals surface area contributed by atoms with Crippen molar-refractivity contribution in [3.63, 3.8) is 0 Å². The van der Waals surface area contributed by atoms with Gasteiger partial charge in [-0.05, 0) is 17.5 Å². The summed E-state index contributed by atoms with van der Waals surface area (Å²) in [5.74, 6) is -0.181. The first kappa shape index (κ1) is 12.0. The van der Waals surface area contributed by atoms with Crippen LogP contribution in [0.25, 0.3) is 0 Å². The normalized spacial score (nSPS) is 18.6. The van der Waals surface area contributed by atoms with E-state index in [1.54, 1.807) is 0 Å². The molecule has 82 valence electrons. The summed E-state index contributed by atoms with van der Waals surface area (Å²) in [6.07, 6.45) is 0.725. The molecule has 1 atom stereocenters. The lowest BCUT2D eigenvalue weighted by Crippen LogP contribution is -2.42. The third-order valence-corrected chi connectivity index (χ3v) is 2.57. The molecule has 1 aliphatic heterocycles. The number of rotatable bonds is 1. The van der Waals surface area contributed by atoms with Gasteiger partial charge in [-0.1, -0.05) is 24.3 Å². The number of methoxy groups -OCH3 is 1. The summed E-state index contributed by atoms with van der Waals surface area (Å²) in [5, 5.41) is 3.15. The molecule has 0 radical (unpaired) electrons. The van der Waals surface area contributed by atoms with Crippen LogP contribution >= 0.6 is 12.4 Å². The molecule has 2 rings (SSSR count). The highest BCUT2D eigenvalue weighted by Gasteiger charge is 2.23. The van der Waals surface area contributed by atoms with Crippen molar-refractivity contribution in [3.05, 3.63) is 35.4 Å². The second kappa shape index (κ2) is 5.14. The molecule has 15 heavy (non-hydrogen) atoms. The summed E-state index contributed by atoms with van der Waals surface area (Å²) in [6.45, 7) is 0.746. The van der Waals surface area contributed by atoms with E-state index < -0.39 is 0 Å². The van der Waals surface area contributed by atoms with Crippen molar-refractivity contribution >= 4 is 18.4 Å². The molecule has 0 saturated carbocycles. The molecule has 1 N–H and O–H groups in total. The van der Waals surface area contributed by atoms with Gasteiger partial charge in [-0.25, -0.2) is 0 Å². The van der Waals surface area contributed by atoms with E-state index in [-0.39, 0.29) is 24.4 Å². The van der Waals surface area contributed by atoms with Crippen LogP contribution in [0.5, 0.6) is 0 Å². The van der Waals surface area contributed by atoms with Gasteiger partial charge in [0, 0.05) is 6.54 Å². The topological polar surface area (TPSA) is 38.3 Å². The molecule has 0 unspecified atom stereocenters. The lowest BCUT2D eigenvalue weighted by atomic mass is 9.96. The zero-order chi connectivity index (χ0) is 9.97. The van der Waals surface area contributed by atoms with Gasteiger partial charge in [-0.15, -0.1) is 12.4 Å². The van der Waals surface area contributed by atoms with Crippen LogP contribution < -0.4 is 5.32 Å². The van der Waals surface area contributed by atoms with E-state index in [0.717, 1.165) is 13.0 Å². The number of nitrogens with one attached hydrogen (secondary N) is 1. The van der Waals surface area contributed by atoms with Crippen molar-refractivity contribution in [2.45, 2.75) is 19.0 Å². The Kier molecular flexibility index (Phi) is 4.12. The van der Waals surface area contributed by atoms with Crippen molar-refractivity contribution in [2.24, 2.45) is 0 Å². The fraction of sp³-hybridized carbons (Fsp3) is 0.364. The molecule has 4 heteroatoms. The first-order chi connectivity index (χ1) is 6.81. The minimum Gasteiger partial charge on any atom is -0.468 e. The van der Waals surface area contributed by atoms with E-state index >= 15 is 0 Å². The molecule has 0 aliphatic carbocycles. The average Bonchev–Trinajstić information content (AvgIpc) is 2.27. The maximum atomic E-state index is 11.3. The number of fused-ring (bicyclic) bond motifs is 1. The first-order valence-corrected chi connectivity index (χ1v) is 4.69. The van der Waals surface area contributed by atoms with Crippen LogP contribution in [0.3, 0.4) is 0 Å². The van der Waals surface area contributed by atoms with Crippen molar-refractivity contribution in [3.8, 4) is 0 Å². The zero-order valence-electron chi connectivity index (χ0n) is 8.53. The maximum absolute atomic E-state index is 11.3. The summed E-state index contributed by atoms with van der Waals surface area (Å²) in [4.78, 5) is 11.3. The van der Waals surface area contributed by atoms with Gasteiger partial charge in [-0.2, -0.15) is 0 Å². The van der Waals surface area contributed by atoms with Gasteiger partial charge < -0.3 is 10.1 Å². The molecular formula is C11H14ClNO2. The quantitative estimate of drug-likeness (QED) is 0.735. The van der Waals surface area contributed by atoms with E-state index in [0.29, 0.717) is 0 Å². The Morgan fingerprint density at radius 1 is 1.40 bits per heavy atom. The fourth-order valence-corrected chi connectivity index (χ4v) is 1.76. The molecule has 0 bridgehead atoms. The standard InChI is InChI=1S/C11H13NO2.ClH/c1-14-11(13)10-6-8-4-2-3-5-9(8)7-12-10;/h2-5,10,12H,6-7H2,1H3;1H/t10-;/m0./s1. The Balaban J connectivity index is 0.00000112. The smallest absolute Gasteiger partial charge is 0.323 e. The van der Waals surface area contributed by atoms with Gasteiger partial charge in [0.15, 0.2) is 0 Å². The van der Waals surface area contributed by atoms with Gasteiger partial charge in [0.25, 0.3) is 0 Å². The number of halogens is 1. The SMILES string of the molecule is COC(=O)[C@@H]1Cc2ccccc2CN1.Cl. The van der Waals surface area contributed by atoms with Gasteiger partial charge in [-0.3, -0.25) is 4.79 Å². The molecule has 0 amide bonds. The third kappa shape index (κ3) is 2.49. The molecular weight excluding hydrogens is 214 g/mol. The highest BCUT2D eigenvalue weighted by Crippen LogP contribution is 2.16. The Hall–Kier alpha value is -1.06.